The second-order valence-corrected chi connectivity index (χ2v) is 9.27. The van der Waals surface area contributed by atoms with Gasteiger partial charge in [0.2, 0.25) is 14.9 Å². The zero-order valence-corrected chi connectivity index (χ0v) is 15.9. The third-order valence-electron chi connectivity index (χ3n) is 3.31. The van der Waals surface area contributed by atoms with Crippen molar-refractivity contribution in [2.45, 2.75) is 59.6 Å². The third-order valence-corrected chi connectivity index (χ3v) is 4.30. The number of nitrogens with one attached hydrogen (secondary N) is 1. The van der Waals surface area contributed by atoms with E-state index in [-0.39, 0.29) is 0 Å². The van der Waals surface area contributed by atoms with Crippen LogP contribution in [0.5, 0.6) is 0 Å². The Morgan fingerprint density at radius 2 is 1.68 bits per heavy atom. The van der Waals surface area contributed by atoms with Gasteiger partial charge in [-0.1, -0.05) is 34.6 Å². The summed E-state index contributed by atoms with van der Waals surface area (Å²) in [4.78, 5) is 11.8. The lowest BCUT2D eigenvalue weighted by Gasteiger charge is -2.50. The SMILES string of the molecule is CC(C)C(NC(=O)CCl)(O[Si](C)C)C(C(C)(C)C)C(F)(F)F. The summed E-state index contributed by atoms with van der Waals surface area (Å²) < 4.78 is 47.2. The van der Waals surface area contributed by atoms with E-state index in [0.717, 1.165) is 0 Å². The molecule has 0 saturated carbocycles. The number of halogens is 4. The van der Waals surface area contributed by atoms with Gasteiger partial charge in [-0.3, -0.25) is 4.79 Å². The van der Waals surface area contributed by atoms with Gasteiger partial charge < -0.3 is 9.74 Å². The first kappa shape index (κ1) is 21.7. The van der Waals surface area contributed by atoms with Crippen LogP contribution in [0.4, 0.5) is 13.2 Å². The van der Waals surface area contributed by atoms with Crippen LogP contribution >= 0.6 is 11.6 Å². The molecule has 131 valence electrons. The van der Waals surface area contributed by atoms with Gasteiger partial charge in [-0.2, -0.15) is 13.2 Å². The van der Waals surface area contributed by atoms with E-state index in [4.69, 9.17) is 16.0 Å². The van der Waals surface area contributed by atoms with E-state index >= 15 is 0 Å². The Bertz CT molecular complexity index is 369. The van der Waals surface area contributed by atoms with E-state index in [0.29, 0.717) is 0 Å². The Labute approximate surface area is 137 Å². The molecule has 0 aromatic rings. The first-order valence-corrected chi connectivity index (χ1v) is 10.1. The van der Waals surface area contributed by atoms with Crippen LogP contribution in [0.15, 0.2) is 0 Å². The molecule has 0 spiro atoms. The lowest BCUT2D eigenvalue weighted by atomic mass is 9.70. The average Bonchev–Trinajstić information content (AvgIpc) is 2.22. The van der Waals surface area contributed by atoms with Crippen molar-refractivity contribution in [2.24, 2.45) is 17.3 Å². The zero-order valence-electron chi connectivity index (χ0n) is 14.2. The maximum absolute atomic E-state index is 13.8. The summed E-state index contributed by atoms with van der Waals surface area (Å²) in [6.45, 7) is 11.2. The molecule has 0 aromatic carbocycles. The van der Waals surface area contributed by atoms with Crippen LogP contribution in [-0.2, 0) is 9.22 Å². The molecule has 3 nitrogen and oxygen atoms in total. The largest absolute Gasteiger partial charge is 0.396 e. The minimum atomic E-state index is -4.53. The van der Waals surface area contributed by atoms with Crippen molar-refractivity contribution in [1.82, 2.24) is 5.32 Å². The number of rotatable bonds is 6. The molecule has 0 fully saturated rings. The van der Waals surface area contributed by atoms with Gasteiger partial charge >= 0.3 is 6.18 Å². The van der Waals surface area contributed by atoms with Gasteiger partial charge in [-0.25, -0.2) is 0 Å². The van der Waals surface area contributed by atoms with Crippen molar-refractivity contribution in [3.63, 3.8) is 0 Å². The van der Waals surface area contributed by atoms with Crippen LogP contribution in [0.25, 0.3) is 0 Å². The highest BCUT2D eigenvalue weighted by atomic mass is 35.5. The highest BCUT2D eigenvalue weighted by molar-refractivity contribution is 6.48. The molecule has 8 heteroatoms. The van der Waals surface area contributed by atoms with Gasteiger partial charge in [0.05, 0.1) is 0 Å². The summed E-state index contributed by atoms with van der Waals surface area (Å²) in [5.41, 5.74) is -2.99. The smallest absolute Gasteiger partial charge is 0.394 e. The minimum Gasteiger partial charge on any atom is -0.394 e. The molecule has 0 heterocycles. The Morgan fingerprint density at radius 3 is 1.91 bits per heavy atom. The maximum atomic E-state index is 13.8. The normalized spacial score (nSPS) is 17.5. The van der Waals surface area contributed by atoms with E-state index in [1.165, 1.54) is 20.8 Å². The molecular weight excluding hydrogens is 335 g/mol. The molecule has 0 bridgehead atoms. The van der Waals surface area contributed by atoms with Gasteiger partial charge in [0.25, 0.3) is 0 Å². The standard InChI is InChI=1S/C14H26ClF3NO2Si/c1-9(2)13(21-22(6)7,19-10(20)8-15)11(12(3,4)5)14(16,17)18/h9,11H,8H2,1-7H3,(H,19,20). The molecule has 0 aliphatic carbocycles. The summed E-state index contributed by atoms with van der Waals surface area (Å²) in [5, 5.41) is 2.44. The molecule has 0 rings (SSSR count). The number of alkyl halides is 4. The summed E-state index contributed by atoms with van der Waals surface area (Å²) in [5.74, 6) is -3.52. The number of hydrogen-bond donors (Lipinski definition) is 1. The molecule has 0 aliphatic rings. The molecule has 1 radical (unpaired) electrons. The van der Waals surface area contributed by atoms with Crippen LogP contribution in [0.2, 0.25) is 13.1 Å². The van der Waals surface area contributed by atoms with Crippen LogP contribution in [0.3, 0.4) is 0 Å². The molecule has 22 heavy (non-hydrogen) atoms. The number of carbonyl (C=O) groups is 1. The molecular formula is C14H26ClF3NO2Si. The summed E-state index contributed by atoms with van der Waals surface area (Å²) in [6, 6.07) is 0. The van der Waals surface area contributed by atoms with E-state index < -0.39 is 50.0 Å². The second-order valence-electron chi connectivity index (χ2n) is 6.98. The van der Waals surface area contributed by atoms with Crippen LogP contribution in [0, 0.1) is 17.3 Å². The summed E-state index contributed by atoms with van der Waals surface area (Å²) in [6.07, 6.45) is -4.53. The molecule has 1 amide bonds. The van der Waals surface area contributed by atoms with Crippen molar-refractivity contribution in [3.05, 3.63) is 0 Å². The van der Waals surface area contributed by atoms with Crippen molar-refractivity contribution in [1.29, 1.82) is 0 Å². The van der Waals surface area contributed by atoms with Gasteiger partial charge in [-0.05, 0) is 18.5 Å². The molecule has 0 aliphatic heterocycles. The molecule has 2 atom stereocenters. The first-order chi connectivity index (χ1) is 9.68. The van der Waals surface area contributed by atoms with E-state index in [2.05, 4.69) is 5.32 Å². The molecule has 0 saturated heterocycles. The second kappa shape index (κ2) is 7.53. The van der Waals surface area contributed by atoms with Gasteiger partial charge in [0.1, 0.15) is 17.5 Å². The van der Waals surface area contributed by atoms with Crippen LogP contribution in [-0.4, -0.2) is 32.7 Å². The Balaban J connectivity index is 6.22. The van der Waals surface area contributed by atoms with Crippen molar-refractivity contribution in [2.75, 3.05) is 5.88 Å². The zero-order chi connectivity index (χ0) is 17.9. The fourth-order valence-electron chi connectivity index (χ4n) is 2.72. The number of amides is 1. The first-order valence-electron chi connectivity index (χ1n) is 7.11. The van der Waals surface area contributed by atoms with E-state index in [1.54, 1.807) is 26.9 Å². The summed E-state index contributed by atoms with van der Waals surface area (Å²) >= 11 is 5.49. The Morgan fingerprint density at radius 1 is 1.23 bits per heavy atom. The van der Waals surface area contributed by atoms with Crippen molar-refractivity contribution < 1.29 is 22.4 Å². The van der Waals surface area contributed by atoms with Crippen LogP contribution in [0.1, 0.15) is 34.6 Å². The van der Waals surface area contributed by atoms with Gasteiger partial charge in [-0.15, -0.1) is 11.6 Å². The quantitative estimate of drug-likeness (QED) is 0.438. The monoisotopic (exact) mass is 360 g/mol. The van der Waals surface area contributed by atoms with Crippen molar-refractivity contribution >= 4 is 26.5 Å². The van der Waals surface area contributed by atoms with E-state index in [9.17, 15) is 18.0 Å². The van der Waals surface area contributed by atoms with Gasteiger partial charge in [0, 0.05) is 5.92 Å². The minimum absolute atomic E-state index is 0.415. The van der Waals surface area contributed by atoms with Gasteiger partial charge in [0.15, 0.2) is 0 Å². The highest BCUT2D eigenvalue weighted by Gasteiger charge is 2.61. The highest BCUT2D eigenvalue weighted by Crippen LogP contribution is 2.49. The lowest BCUT2D eigenvalue weighted by molar-refractivity contribution is -0.265. The maximum Gasteiger partial charge on any atom is 0.396 e. The number of hydrogen-bond acceptors (Lipinski definition) is 2. The third kappa shape index (κ3) is 5.42. The topological polar surface area (TPSA) is 38.3 Å². The Kier molecular flexibility index (Phi) is 7.44. The predicted octanol–water partition coefficient (Wildman–Crippen LogP) is 4.19. The lowest BCUT2D eigenvalue weighted by Crippen LogP contribution is -2.67. The molecule has 2 unspecified atom stereocenters. The predicted molar refractivity (Wildman–Crippen MR) is 84.0 cm³/mol. The average molecular weight is 361 g/mol. The fraction of sp³-hybridized carbons (Fsp3) is 0.929. The number of carbonyl (C=O) groups excluding carboxylic acids is 1. The fourth-order valence-corrected chi connectivity index (χ4v) is 3.87. The molecule has 1 N–H and O–H groups in total. The Hall–Kier alpha value is -0.273. The van der Waals surface area contributed by atoms with E-state index in [1.807, 2.05) is 0 Å². The van der Waals surface area contributed by atoms with Crippen LogP contribution < -0.4 is 5.32 Å². The summed E-state index contributed by atoms with van der Waals surface area (Å²) in [7, 11) is -1.51. The molecule has 0 aromatic heterocycles. The van der Waals surface area contributed by atoms with Crippen molar-refractivity contribution in [3.8, 4) is 0 Å².